The molecule has 2 aromatic heterocycles. The number of alkyl halides is 2. The first-order valence-corrected chi connectivity index (χ1v) is 11.3. The number of halogens is 2. The average molecular weight is 488 g/mol. The van der Waals surface area contributed by atoms with Crippen molar-refractivity contribution in [2.24, 2.45) is 0 Å². The molecule has 0 radical (unpaired) electrons. The minimum Gasteiger partial charge on any atom is -0.489 e. The molecule has 0 fully saturated rings. The predicted molar refractivity (Wildman–Crippen MR) is 129 cm³/mol. The van der Waals surface area contributed by atoms with Gasteiger partial charge >= 0.3 is 6.61 Å². The first-order chi connectivity index (χ1) is 17.7. The van der Waals surface area contributed by atoms with Crippen LogP contribution in [-0.4, -0.2) is 32.8 Å². The van der Waals surface area contributed by atoms with Crippen LogP contribution in [0.1, 0.15) is 11.1 Å². The molecule has 0 unspecified atom stereocenters. The van der Waals surface area contributed by atoms with E-state index in [1.54, 1.807) is 28.9 Å². The summed E-state index contributed by atoms with van der Waals surface area (Å²) in [7, 11) is 0. The molecule has 5 rings (SSSR count). The number of fused-ring (bicyclic) bond motifs is 1. The minimum atomic E-state index is -2.88. The maximum Gasteiger partial charge on any atom is 0.387 e. The predicted octanol–water partition coefficient (Wildman–Crippen LogP) is 5.59. The highest BCUT2D eigenvalue weighted by Gasteiger charge is 2.14. The van der Waals surface area contributed by atoms with Gasteiger partial charge in [0.1, 0.15) is 18.1 Å². The lowest BCUT2D eigenvalue weighted by atomic mass is 10.1. The zero-order valence-electron chi connectivity index (χ0n) is 19.1. The van der Waals surface area contributed by atoms with Gasteiger partial charge in [0.2, 0.25) is 5.88 Å². The molecule has 3 aromatic carbocycles. The highest BCUT2D eigenvalue weighted by Crippen LogP contribution is 2.25. The van der Waals surface area contributed by atoms with Crippen LogP contribution in [0.25, 0.3) is 17.0 Å². The summed E-state index contributed by atoms with van der Waals surface area (Å²) in [5, 5.41) is 8.37. The fraction of sp³-hybridized carbons (Fsp3) is 0.148. The summed E-state index contributed by atoms with van der Waals surface area (Å²) in [5.74, 6) is 1.85. The molecular weight excluding hydrogens is 466 g/mol. The molecule has 0 aliphatic carbocycles. The maximum absolute atomic E-state index is 12.4. The second kappa shape index (κ2) is 10.8. The van der Waals surface area contributed by atoms with E-state index in [1.165, 1.54) is 12.1 Å². The van der Waals surface area contributed by atoms with Crippen LogP contribution in [0.2, 0.25) is 0 Å². The number of benzene rings is 3. The van der Waals surface area contributed by atoms with Crippen molar-refractivity contribution < 1.29 is 23.0 Å². The average Bonchev–Trinajstić information content (AvgIpc) is 3.34. The summed E-state index contributed by atoms with van der Waals surface area (Å²) >= 11 is 0. The highest BCUT2D eigenvalue weighted by molar-refractivity contribution is 5.61. The van der Waals surface area contributed by atoms with Crippen molar-refractivity contribution in [2.75, 3.05) is 6.61 Å². The van der Waals surface area contributed by atoms with Crippen LogP contribution in [-0.2, 0) is 13.0 Å². The standard InChI is InChI=1S/C27H22F2N4O3/c28-27(29)36-23-12-8-21(9-13-23)26-32-31-24-16-30-17-25(33(24)26)34-15-14-19-6-10-22(11-7-19)35-18-20-4-2-1-3-5-20/h1-13,16-17,27H,14-15,18H2. The van der Waals surface area contributed by atoms with Crippen LogP contribution >= 0.6 is 0 Å². The van der Waals surface area contributed by atoms with Gasteiger partial charge in [-0.2, -0.15) is 8.78 Å². The molecule has 9 heteroatoms. The van der Waals surface area contributed by atoms with Crippen LogP contribution in [0.15, 0.2) is 91.3 Å². The Bertz CT molecular complexity index is 1410. The third-order valence-corrected chi connectivity index (χ3v) is 5.43. The van der Waals surface area contributed by atoms with E-state index in [1.807, 2.05) is 54.6 Å². The Morgan fingerprint density at radius 3 is 2.25 bits per heavy atom. The fourth-order valence-electron chi connectivity index (χ4n) is 3.66. The SMILES string of the molecule is FC(F)Oc1ccc(-c2nnc3cncc(OCCc4ccc(OCc5ccccc5)cc4)n23)cc1. The Hall–Kier alpha value is -4.53. The van der Waals surface area contributed by atoms with Gasteiger partial charge in [-0.25, -0.2) is 4.40 Å². The maximum atomic E-state index is 12.4. The molecule has 182 valence electrons. The Morgan fingerprint density at radius 2 is 1.50 bits per heavy atom. The lowest BCUT2D eigenvalue weighted by molar-refractivity contribution is -0.0498. The monoisotopic (exact) mass is 488 g/mol. The van der Waals surface area contributed by atoms with E-state index < -0.39 is 6.61 Å². The summed E-state index contributed by atoms with van der Waals surface area (Å²) in [6.45, 7) is -1.96. The number of ether oxygens (including phenoxy) is 3. The van der Waals surface area contributed by atoms with Crippen molar-refractivity contribution in [1.29, 1.82) is 0 Å². The van der Waals surface area contributed by atoms with Crippen LogP contribution in [0.3, 0.4) is 0 Å². The lowest BCUT2D eigenvalue weighted by Gasteiger charge is -2.11. The van der Waals surface area contributed by atoms with Crippen LogP contribution in [0.5, 0.6) is 17.4 Å². The van der Waals surface area contributed by atoms with Crippen LogP contribution in [0.4, 0.5) is 8.78 Å². The third-order valence-electron chi connectivity index (χ3n) is 5.43. The number of rotatable bonds is 10. The van der Waals surface area contributed by atoms with E-state index in [-0.39, 0.29) is 5.75 Å². The molecule has 0 amide bonds. The molecule has 0 saturated heterocycles. The topological polar surface area (TPSA) is 70.8 Å². The van der Waals surface area contributed by atoms with E-state index in [0.717, 1.165) is 16.9 Å². The molecule has 0 aliphatic heterocycles. The summed E-state index contributed by atoms with van der Waals surface area (Å²) in [4.78, 5) is 4.18. The second-order valence-electron chi connectivity index (χ2n) is 7.88. The first-order valence-electron chi connectivity index (χ1n) is 11.3. The molecule has 36 heavy (non-hydrogen) atoms. The Labute approximate surface area is 205 Å². The fourth-order valence-corrected chi connectivity index (χ4v) is 3.66. The Kier molecular flexibility index (Phi) is 6.98. The summed E-state index contributed by atoms with van der Waals surface area (Å²) in [6, 6.07) is 24.1. The second-order valence-corrected chi connectivity index (χ2v) is 7.88. The van der Waals surface area contributed by atoms with E-state index in [4.69, 9.17) is 9.47 Å². The van der Waals surface area contributed by atoms with Crippen molar-refractivity contribution in [3.05, 3.63) is 102 Å². The molecule has 7 nitrogen and oxygen atoms in total. The molecule has 0 atom stereocenters. The van der Waals surface area contributed by atoms with E-state index in [0.29, 0.717) is 42.5 Å². The van der Waals surface area contributed by atoms with E-state index in [2.05, 4.69) is 19.9 Å². The quantitative estimate of drug-likeness (QED) is 0.255. The number of hydrogen-bond donors (Lipinski definition) is 0. The molecule has 5 aromatic rings. The molecule has 0 saturated carbocycles. The van der Waals surface area contributed by atoms with Gasteiger partial charge < -0.3 is 14.2 Å². The summed E-state index contributed by atoms with van der Waals surface area (Å²) < 4.78 is 42.9. The lowest BCUT2D eigenvalue weighted by Crippen LogP contribution is -2.06. The normalized spacial score (nSPS) is 11.1. The first kappa shape index (κ1) is 23.2. The molecule has 0 N–H and O–H groups in total. The largest absolute Gasteiger partial charge is 0.489 e. The minimum absolute atomic E-state index is 0.0668. The van der Waals surface area contributed by atoms with E-state index >= 15 is 0 Å². The smallest absolute Gasteiger partial charge is 0.387 e. The number of hydrogen-bond acceptors (Lipinski definition) is 6. The van der Waals surface area contributed by atoms with Crippen LogP contribution in [0, 0.1) is 0 Å². The molecule has 0 spiro atoms. The number of aromatic nitrogens is 4. The van der Waals surface area contributed by atoms with Gasteiger partial charge in [0, 0.05) is 12.0 Å². The van der Waals surface area contributed by atoms with Gasteiger partial charge in [-0.15, -0.1) is 10.2 Å². The Morgan fingerprint density at radius 1 is 0.750 bits per heavy atom. The van der Waals surface area contributed by atoms with Crippen molar-refractivity contribution >= 4 is 5.65 Å². The van der Waals surface area contributed by atoms with Gasteiger partial charge in [0.15, 0.2) is 11.5 Å². The zero-order chi connectivity index (χ0) is 24.7. The van der Waals surface area contributed by atoms with Crippen molar-refractivity contribution in [1.82, 2.24) is 19.6 Å². The number of nitrogens with zero attached hydrogens (tertiary/aromatic N) is 4. The van der Waals surface area contributed by atoms with Crippen LogP contribution < -0.4 is 14.2 Å². The van der Waals surface area contributed by atoms with Gasteiger partial charge in [-0.05, 0) is 47.5 Å². The van der Waals surface area contributed by atoms with E-state index in [9.17, 15) is 8.78 Å². The van der Waals surface area contributed by atoms with Crippen molar-refractivity contribution in [2.45, 2.75) is 19.6 Å². The third kappa shape index (κ3) is 5.57. The molecule has 0 bridgehead atoms. The zero-order valence-corrected chi connectivity index (χ0v) is 19.1. The summed E-state index contributed by atoms with van der Waals surface area (Å²) in [6.07, 6.45) is 3.84. The van der Waals surface area contributed by atoms with Gasteiger partial charge in [-0.1, -0.05) is 42.5 Å². The highest BCUT2D eigenvalue weighted by atomic mass is 19.3. The molecule has 2 heterocycles. The van der Waals surface area contributed by atoms with Gasteiger partial charge in [-0.3, -0.25) is 4.98 Å². The molecule has 0 aliphatic rings. The Balaban J connectivity index is 1.23. The molecular formula is C27H22F2N4O3. The summed E-state index contributed by atoms with van der Waals surface area (Å²) in [5.41, 5.74) is 3.39. The van der Waals surface area contributed by atoms with Gasteiger partial charge in [0.05, 0.1) is 19.0 Å². The van der Waals surface area contributed by atoms with Crippen molar-refractivity contribution in [3.63, 3.8) is 0 Å². The van der Waals surface area contributed by atoms with Crippen molar-refractivity contribution in [3.8, 4) is 28.8 Å². The van der Waals surface area contributed by atoms with Gasteiger partial charge in [0.25, 0.3) is 0 Å².